The lowest BCUT2D eigenvalue weighted by Crippen LogP contribution is -2.32. The van der Waals surface area contributed by atoms with Crippen LogP contribution in [0.3, 0.4) is 0 Å². The third kappa shape index (κ3) is 5.24. The van der Waals surface area contributed by atoms with E-state index >= 15 is 0 Å². The van der Waals surface area contributed by atoms with Gasteiger partial charge in [0, 0.05) is 5.56 Å². The number of para-hydroxylation sites is 3. The van der Waals surface area contributed by atoms with Crippen molar-refractivity contribution in [2.45, 2.75) is 0 Å². The fourth-order valence-electron chi connectivity index (χ4n) is 3.68. The van der Waals surface area contributed by atoms with Crippen molar-refractivity contribution in [3.8, 4) is 29.0 Å². The first-order valence-electron chi connectivity index (χ1n) is 11.1. The molecule has 186 valence electrons. The topological polar surface area (TPSA) is 103 Å². The van der Waals surface area contributed by atoms with E-state index in [4.69, 9.17) is 14.2 Å². The van der Waals surface area contributed by atoms with E-state index in [2.05, 4.69) is 5.32 Å². The second kappa shape index (κ2) is 11.3. The van der Waals surface area contributed by atoms with Gasteiger partial charge in [-0.15, -0.1) is 11.3 Å². The number of hydrogen-bond donors (Lipinski definition) is 1. The molecule has 4 rings (SSSR count). The fraction of sp³-hybridized carbons (Fsp3) is 0.107. The monoisotopic (exact) mass is 513 g/mol. The van der Waals surface area contributed by atoms with Crippen LogP contribution in [0.25, 0.3) is 17.3 Å². The number of nitrogens with one attached hydrogen (secondary N) is 1. The number of hydrogen-bond acceptors (Lipinski definition) is 7. The van der Waals surface area contributed by atoms with E-state index in [0.717, 1.165) is 11.3 Å². The summed E-state index contributed by atoms with van der Waals surface area (Å²) in [5.41, 5.74) is 0.946. The Kier molecular flexibility index (Phi) is 7.71. The van der Waals surface area contributed by atoms with E-state index in [1.807, 2.05) is 12.1 Å². The minimum absolute atomic E-state index is 0.194. The van der Waals surface area contributed by atoms with Gasteiger partial charge in [-0.2, -0.15) is 5.26 Å². The maximum Gasteiger partial charge on any atom is 0.273 e. The van der Waals surface area contributed by atoms with Crippen molar-refractivity contribution >= 4 is 34.6 Å². The maximum atomic E-state index is 13.6. The number of nitriles is 1. The Hall–Kier alpha value is -4.81. The fourth-order valence-corrected chi connectivity index (χ4v) is 4.78. The highest BCUT2D eigenvalue weighted by Gasteiger charge is 2.18. The Morgan fingerprint density at radius 2 is 1.65 bits per heavy atom. The Labute approximate surface area is 216 Å². The number of methoxy groups -OCH3 is 3. The number of rotatable bonds is 7. The summed E-state index contributed by atoms with van der Waals surface area (Å²) in [6.07, 6.45) is 1.66. The number of carbonyl (C=O) groups is 1. The first-order valence-corrected chi connectivity index (χ1v) is 11.9. The maximum absolute atomic E-state index is 13.6. The first-order chi connectivity index (χ1) is 18.0. The predicted octanol–water partition coefficient (Wildman–Crippen LogP) is 3.07. The Bertz CT molecular complexity index is 1670. The molecule has 0 saturated carbocycles. The van der Waals surface area contributed by atoms with Gasteiger partial charge >= 0.3 is 0 Å². The molecular formula is C28H23N3O5S. The zero-order valence-corrected chi connectivity index (χ0v) is 21.2. The average Bonchev–Trinajstić information content (AvgIpc) is 3.24. The zero-order chi connectivity index (χ0) is 26.4. The van der Waals surface area contributed by atoms with E-state index in [9.17, 15) is 14.9 Å². The van der Waals surface area contributed by atoms with Crippen molar-refractivity contribution < 1.29 is 19.0 Å². The molecule has 37 heavy (non-hydrogen) atoms. The van der Waals surface area contributed by atoms with Gasteiger partial charge in [-0.1, -0.05) is 30.3 Å². The Morgan fingerprint density at radius 3 is 2.32 bits per heavy atom. The Balaban J connectivity index is 1.98. The molecule has 4 aromatic rings. The van der Waals surface area contributed by atoms with Gasteiger partial charge in [-0.05, 0) is 48.5 Å². The SMILES string of the molecule is COc1ccc(OC)c(/C=c2\s/c(=C(/C#N)C(=O)Nc3ccccc3OC)n(-c3ccccc3)c2=O)c1. The number of amides is 1. The van der Waals surface area contributed by atoms with Crippen molar-refractivity contribution in [1.82, 2.24) is 4.57 Å². The summed E-state index contributed by atoms with van der Waals surface area (Å²) in [4.78, 5) is 26.9. The first kappa shape index (κ1) is 25.3. The van der Waals surface area contributed by atoms with E-state index in [-0.39, 0.29) is 15.8 Å². The summed E-state index contributed by atoms with van der Waals surface area (Å²) in [6, 6.07) is 22.9. The molecule has 0 aliphatic rings. The number of anilines is 1. The minimum Gasteiger partial charge on any atom is -0.497 e. The largest absolute Gasteiger partial charge is 0.497 e. The van der Waals surface area contributed by atoms with Gasteiger partial charge in [-0.3, -0.25) is 14.2 Å². The smallest absolute Gasteiger partial charge is 0.273 e. The van der Waals surface area contributed by atoms with Crippen LogP contribution < -0.4 is 34.3 Å². The highest BCUT2D eigenvalue weighted by molar-refractivity contribution is 7.07. The summed E-state index contributed by atoms with van der Waals surface area (Å²) in [5.74, 6) is 0.912. The van der Waals surface area contributed by atoms with Crippen LogP contribution in [0.1, 0.15) is 5.56 Å². The summed E-state index contributed by atoms with van der Waals surface area (Å²) < 4.78 is 17.9. The van der Waals surface area contributed by atoms with Crippen LogP contribution in [0.4, 0.5) is 5.69 Å². The van der Waals surface area contributed by atoms with Crippen LogP contribution in [0.2, 0.25) is 0 Å². The molecule has 1 aromatic heterocycles. The van der Waals surface area contributed by atoms with Gasteiger partial charge in [0.1, 0.15) is 28.0 Å². The zero-order valence-electron chi connectivity index (χ0n) is 20.3. The van der Waals surface area contributed by atoms with Gasteiger partial charge in [-0.25, -0.2) is 0 Å². The molecule has 0 spiro atoms. The van der Waals surface area contributed by atoms with Gasteiger partial charge in [0.25, 0.3) is 11.5 Å². The molecule has 0 saturated heterocycles. The summed E-state index contributed by atoms with van der Waals surface area (Å²) >= 11 is 1.04. The van der Waals surface area contributed by atoms with E-state index in [0.29, 0.717) is 38.7 Å². The molecule has 0 bridgehead atoms. The second-order valence-electron chi connectivity index (χ2n) is 7.64. The van der Waals surface area contributed by atoms with Crippen LogP contribution in [-0.4, -0.2) is 31.8 Å². The molecule has 1 N–H and O–H groups in total. The quantitative estimate of drug-likeness (QED) is 0.408. The molecule has 0 radical (unpaired) electrons. The minimum atomic E-state index is -0.663. The predicted molar refractivity (Wildman–Crippen MR) is 143 cm³/mol. The van der Waals surface area contributed by atoms with Crippen LogP contribution in [-0.2, 0) is 4.79 Å². The number of nitrogens with zero attached hydrogens (tertiary/aromatic N) is 2. The molecule has 0 atom stereocenters. The molecule has 0 fully saturated rings. The van der Waals surface area contributed by atoms with Crippen molar-refractivity contribution in [3.63, 3.8) is 0 Å². The van der Waals surface area contributed by atoms with Crippen molar-refractivity contribution in [2.75, 3.05) is 26.6 Å². The third-order valence-corrected chi connectivity index (χ3v) is 6.56. The summed E-state index contributed by atoms with van der Waals surface area (Å²) in [7, 11) is 4.57. The summed E-state index contributed by atoms with van der Waals surface area (Å²) in [5, 5.41) is 12.8. The van der Waals surface area contributed by atoms with Crippen molar-refractivity contribution in [2.24, 2.45) is 0 Å². The summed E-state index contributed by atoms with van der Waals surface area (Å²) in [6.45, 7) is 0. The molecule has 3 aromatic carbocycles. The lowest BCUT2D eigenvalue weighted by Gasteiger charge is -2.09. The van der Waals surface area contributed by atoms with E-state index in [1.54, 1.807) is 79.9 Å². The molecule has 0 aliphatic carbocycles. The third-order valence-electron chi connectivity index (χ3n) is 5.47. The molecule has 0 unspecified atom stereocenters. The number of ether oxygens (including phenoxy) is 3. The van der Waals surface area contributed by atoms with Gasteiger partial charge in [0.05, 0.1) is 37.2 Å². The molecule has 9 heteroatoms. The average molecular weight is 514 g/mol. The highest BCUT2D eigenvalue weighted by atomic mass is 32.1. The Morgan fingerprint density at radius 1 is 0.946 bits per heavy atom. The van der Waals surface area contributed by atoms with Crippen molar-refractivity contribution in [1.29, 1.82) is 5.26 Å². The molecule has 1 amide bonds. The van der Waals surface area contributed by atoms with Gasteiger partial charge < -0.3 is 19.5 Å². The normalized spacial score (nSPS) is 11.9. The van der Waals surface area contributed by atoms with Crippen molar-refractivity contribution in [3.05, 3.63) is 97.9 Å². The number of aromatic nitrogens is 1. The van der Waals surface area contributed by atoms with Crippen LogP contribution >= 0.6 is 11.3 Å². The lowest BCUT2D eigenvalue weighted by molar-refractivity contribution is -0.111. The molecule has 0 aliphatic heterocycles. The van der Waals surface area contributed by atoms with E-state index in [1.165, 1.54) is 18.8 Å². The standard InChI is InChI=1S/C28H23N3O5S/c1-34-20-13-14-23(35-2)18(15-20)16-25-27(33)31(19-9-5-4-6-10-19)28(37-25)21(17-29)26(32)30-22-11-7-8-12-24(22)36-3/h4-16H,1-3H3,(H,30,32)/b25-16-,28-21-. The number of carbonyl (C=O) groups excluding carboxylic acids is 1. The molecular weight excluding hydrogens is 490 g/mol. The molecule has 1 heterocycles. The van der Waals surface area contributed by atoms with Crippen LogP contribution in [0, 0.1) is 11.3 Å². The number of thiazole rings is 1. The van der Waals surface area contributed by atoms with E-state index < -0.39 is 5.91 Å². The number of benzene rings is 3. The second-order valence-corrected chi connectivity index (χ2v) is 8.67. The molecule has 8 nitrogen and oxygen atoms in total. The highest BCUT2D eigenvalue weighted by Crippen LogP contribution is 2.25. The van der Waals surface area contributed by atoms with Gasteiger partial charge in [0.15, 0.2) is 5.57 Å². The van der Waals surface area contributed by atoms with Crippen LogP contribution in [0.5, 0.6) is 17.2 Å². The van der Waals surface area contributed by atoms with Gasteiger partial charge in [0.2, 0.25) is 0 Å². The van der Waals surface area contributed by atoms with Crippen LogP contribution in [0.15, 0.2) is 77.6 Å². The lowest BCUT2D eigenvalue weighted by atomic mass is 10.2.